The molecule has 1 aromatic heterocycles. The number of halogens is 2. The molecule has 2 rings (SSSR count). The average Bonchev–Trinajstić information content (AvgIpc) is 2.56. The van der Waals surface area contributed by atoms with Crippen LogP contribution in [0, 0.1) is 0 Å². The van der Waals surface area contributed by atoms with Crippen molar-refractivity contribution in [3.8, 4) is 0 Å². The second kappa shape index (κ2) is 4.19. The van der Waals surface area contributed by atoms with Crippen molar-refractivity contribution in [3.63, 3.8) is 0 Å². The minimum Gasteiger partial charge on any atom is -0.392 e. The fraction of sp³-hybridized carbons (Fsp3) is 0.200. The monoisotopic (exact) mass is 290 g/mol. The molecule has 1 heterocycles. The average molecular weight is 292 g/mol. The number of aliphatic hydroxyl groups excluding tert-OH is 1. The van der Waals surface area contributed by atoms with E-state index in [1.54, 1.807) is 11.3 Å². The Balaban J connectivity index is 2.72. The SMILES string of the molecule is OCc1cc(CCl)cc2sc(Br)cc12. The Labute approximate surface area is 99.4 Å². The summed E-state index contributed by atoms with van der Waals surface area (Å²) in [6, 6.07) is 6.05. The summed E-state index contributed by atoms with van der Waals surface area (Å²) in [4.78, 5) is 0. The number of fused-ring (bicyclic) bond motifs is 1. The van der Waals surface area contributed by atoms with Gasteiger partial charge in [-0.1, -0.05) is 6.07 Å². The highest BCUT2D eigenvalue weighted by Gasteiger charge is 2.06. The Hall–Kier alpha value is -0.0900. The summed E-state index contributed by atoms with van der Waals surface area (Å²) in [5.74, 6) is 0.485. The third-order valence-electron chi connectivity index (χ3n) is 2.08. The molecule has 14 heavy (non-hydrogen) atoms. The minimum absolute atomic E-state index is 0.0599. The highest BCUT2D eigenvalue weighted by Crippen LogP contribution is 2.33. The molecule has 0 aliphatic heterocycles. The molecule has 0 saturated carbocycles. The van der Waals surface area contributed by atoms with Crippen molar-refractivity contribution in [1.82, 2.24) is 0 Å². The van der Waals surface area contributed by atoms with Crippen LogP contribution in [0.3, 0.4) is 0 Å². The van der Waals surface area contributed by atoms with Gasteiger partial charge in [0, 0.05) is 10.6 Å². The lowest BCUT2D eigenvalue weighted by atomic mass is 10.1. The molecule has 2 aromatic rings. The van der Waals surface area contributed by atoms with Crippen LogP contribution < -0.4 is 0 Å². The minimum atomic E-state index is 0.0599. The van der Waals surface area contributed by atoms with Crippen LogP contribution in [0.1, 0.15) is 11.1 Å². The fourth-order valence-electron chi connectivity index (χ4n) is 1.45. The topological polar surface area (TPSA) is 20.2 Å². The molecule has 1 N–H and O–H groups in total. The van der Waals surface area contributed by atoms with E-state index in [4.69, 9.17) is 11.6 Å². The van der Waals surface area contributed by atoms with Gasteiger partial charge in [-0.05, 0) is 44.6 Å². The third kappa shape index (κ3) is 1.82. The van der Waals surface area contributed by atoms with E-state index in [0.717, 1.165) is 20.3 Å². The highest BCUT2D eigenvalue weighted by molar-refractivity contribution is 9.11. The van der Waals surface area contributed by atoms with Crippen LogP contribution in [-0.4, -0.2) is 5.11 Å². The number of hydrogen-bond acceptors (Lipinski definition) is 2. The van der Waals surface area contributed by atoms with Gasteiger partial charge in [0.05, 0.1) is 10.4 Å². The van der Waals surface area contributed by atoms with Gasteiger partial charge in [-0.15, -0.1) is 22.9 Å². The first-order valence-corrected chi connectivity index (χ1v) is 6.26. The van der Waals surface area contributed by atoms with E-state index in [1.807, 2.05) is 12.1 Å². The molecule has 4 heteroatoms. The van der Waals surface area contributed by atoms with Crippen molar-refractivity contribution < 1.29 is 5.11 Å². The van der Waals surface area contributed by atoms with Crippen molar-refractivity contribution in [2.45, 2.75) is 12.5 Å². The molecule has 0 spiro atoms. The Morgan fingerprint density at radius 3 is 2.79 bits per heavy atom. The van der Waals surface area contributed by atoms with Crippen molar-refractivity contribution in [2.24, 2.45) is 0 Å². The lowest BCUT2D eigenvalue weighted by Gasteiger charge is -2.02. The van der Waals surface area contributed by atoms with Gasteiger partial charge in [0.1, 0.15) is 0 Å². The maximum absolute atomic E-state index is 9.21. The molecule has 0 radical (unpaired) electrons. The summed E-state index contributed by atoms with van der Waals surface area (Å²) in [5.41, 5.74) is 2.00. The predicted molar refractivity (Wildman–Crippen MR) is 65.0 cm³/mol. The van der Waals surface area contributed by atoms with Gasteiger partial charge >= 0.3 is 0 Å². The zero-order valence-corrected chi connectivity index (χ0v) is 10.4. The van der Waals surface area contributed by atoms with Gasteiger partial charge in [-0.25, -0.2) is 0 Å². The van der Waals surface area contributed by atoms with Crippen LogP contribution >= 0.6 is 38.9 Å². The van der Waals surface area contributed by atoms with E-state index in [0.29, 0.717) is 5.88 Å². The number of hydrogen-bond donors (Lipinski definition) is 1. The van der Waals surface area contributed by atoms with Gasteiger partial charge in [0.2, 0.25) is 0 Å². The van der Waals surface area contributed by atoms with Crippen LogP contribution in [0.25, 0.3) is 10.1 Å². The van der Waals surface area contributed by atoms with Gasteiger partial charge in [0.15, 0.2) is 0 Å². The molecular weight excluding hydrogens is 284 g/mol. The van der Waals surface area contributed by atoms with Gasteiger partial charge in [-0.3, -0.25) is 0 Å². The number of benzene rings is 1. The first kappa shape index (κ1) is 10.4. The molecule has 74 valence electrons. The van der Waals surface area contributed by atoms with Crippen LogP contribution in [0.15, 0.2) is 22.0 Å². The van der Waals surface area contributed by atoms with Crippen LogP contribution in [0.5, 0.6) is 0 Å². The van der Waals surface area contributed by atoms with E-state index in [9.17, 15) is 5.11 Å². The normalized spacial score (nSPS) is 11.1. The summed E-state index contributed by atoms with van der Waals surface area (Å²) >= 11 is 10.9. The molecule has 0 saturated heterocycles. The van der Waals surface area contributed by atoms with E-state index < -0.39 is 0 Å². The second-order valence-electron chi connectivity index (χ2n) is 3.01. The zero-order chi connectivity index (χ0) is 10.1. The Kier molecular flexibility index (Phi) is 3.12. The van der Waals surface area contributed by atoms with Crippen molar-refractivity contribution in [2.75, 3.05) is 0 Å². The Morgan fingerprint density at radius 1 is 1.36 bits per heavy atom. The van der Waals surface area contributed by atoms with Crippen LogP contribution in [-0.2, 0) is 12.5 Å². The largest absolute Gasteiger partial charge is 0.392 e. The number of aliphatic hydroxyl groups is 1. The first-order valence-electron chi connectivity index (χ1n) is 4.12. The molecule has 0 aliphatic rings. The fourth-order valence-corrected chi connectivity index (χ4v) is 3.26. The van der Waals surface area contributed by atoms with Crippen molar-refractivity contribution in [3.05, 3.63) is 33.1 Å². The molecular formula is C10H8BrClOS. The number of rotatable bonds is 2. The molecule has 0 atom stereocenters. The number of thiophene rings is 1. The van der Waals surface area contributed by atoms with Crippen LogP contribution in [0.4, 0.5) is 0 Å². The van der Waals surface area contributed by atoms with E-state index in [2.05, 4.69) is 22.0 Å². The summed E-state index contributed by atoms with van der Waals surface area (Å²) in [7, 11) is 0. The molecule has 0 fully saturated rings. The standard InChI is InChI=1S/C10H8BrClOS/c11-10-3-8-7(5-13)1-6(4-12)2-9(8)14-10/h1-3,13H,4-5H2. The first-order chi connectivity index (χ1) is 6.74. The maximum Gasteiger partial charge on any atom is 0.0711 e. The molecule has 1 nitrogen and oxygen atoms in total. The maximum atomic E-state index is 9.21. The van der Waals surface area contributed by atoms with Crippen molar-refractivity contribution >= 4 is 49.0 Å². The Bertz CT molecular complexity index is 466. The second-order valence-corrected chi connectivity index (χ2v) is 5.74. The van der Waals surface area contributed by atoms with Gasteiger partial charge < -0.3 is 5.11 Å². The summed E-state index contributed by atoms with van der Waals surface area (Å²) < 4.78 is 2.24. The van der Waals surface area contributed by atoms with Gasteiger partial charge in [0.25, 0.3) is 0 Å². The molecule has 0 bridgehead atoms. The third-order valence-corrected chi connectivity index (χ3v) is 3.97. The smallest absolute Gasteiger partial charge is 0.0711 e. The summed E-state index contributed by atoms with van der Waals surface area (Å²) in [5, 5.41) is 10.3. The van der Waals surface area contributed by atoms with E-state index in [1.165, 1.54) is 4.70 Å². The Morgan fingerprint density at radius 2 is 2.14 bits per heavy atom. The zero-order valence-electron chi connectivity index (χ0n) is 7.26. The van der Waals surface area contributed by atoms with Gasteiger partial charge in [-0.2, -0.15) is 0 Å². The molecule has 0 amide bonds. The molecule has 0 aliphatic carbocycles. The van der Waals surface area contributed by atoms with Crippen LogP contribution in [0.2, 0.25) is 0 Å². The van der Waals surface area contributed by atoms with Crippen molar-refractivity contribution in [1.29, 1.82) is 0 Å². The molecule has 1 aromatic carbocycles. The molecule has 0 unspecified atom stereocenters. The highest BCUT2D eigenvalue weighted by atomic mass is 79.9. The summed E-state index contributed by atoms with van der Waals surface area (Å²) in [6.45, 7) is 0.0599. The predicted octanol–water partition coefficient (Wildman–Crippen LogP) is 3.89. The van der Waals surface area contributed by atoms with E-state index in [-0.39, 0.29) is 6.61 Å². The number of alkyl halides is 1. The lowest BCUT2D eigenvalue weighted by Crippen LogP contribution is -1.86. The summed E-state index contributed by atoms with van der Waals surface area (Å²) in [6.07, 6.45) is 0. The lowest BCUT2D eigenvalue weighted by molar-refractivity contribution is 0.283. The quantitative estimate of drug-likeness (QED) is 0.832. The van der Waals surface area contributed by atoms with E-state index >= 15 is 0 Å².